The molecule has 0 aliphatic rings. The number of nitrogens with one attached hydrogen (secondary N) is 1. The standard InChI is InChI=1S/C15H16F3NO2/c16-15(17,18)10-21-8-7-19-9-13-12-4-2-1-3-11(12)5-6-14(13)20/h1-6,19-20H,7-10H2. The number of alkyl halides is 3. The average Bonchev–Trinajstić information content (AvgIpc) is 2.43. The predicted molar refractivity (Wildman–Crippen MR) is 74.2 cm³/mol. The molecule has 0 saturated heterocycles. The maximum absolute atomic E-state index is 11.9. The van der Waals surface area contributed by atoms with Crippen LogP contribution in [-0.2, 0) is 11.3 Å². The summed E-state index contributed by atoms with van der Waals surface area (Å²) >= 11 is 0. The highest BCUT2D eigenvalue weighted by Crippen LogP contribution is 2.26. The number of phenols is 1. The van der Waals surface area contributed by atoms with E-state index in [-0.39, 0.29) is 18.9 Å². The van der Waals surface area contributed by atoms with E-state index in [0.717, 1.165) is 16.3 Å². The highest BCUT2D eigenvalue weighted by molar-refractivity contribution is 5.87. The lowest BCUT2D eigenvalue weighted by atomic mass is 10.0. The number of fused-ring (bicyclic) bond motifs is 1. The molecule has 0 amide bonds. The number of hydrogen-bond acceptors (Lipinski definition) is 3. The van der Waals surface area contributed by atoms with Crippen molar-refractivity contribution in [3.05, 3.63) is 42.0 Å². The second-order valence-electron chi connectivity index (χ2n) is 4.63. The first-order valence-electron chi connectivity index (χ1n) is 6.52. The number of hydrogen-bond donors (Lipinski definition) is 2. The van der Waals surface area contributed by atoms with Crippen LogP contribution in [0.2, 0.25) is 0 Å². The first kappa shape index (κ1) is 15.6. The van der Waals surface area contributed by atoms with Crippen molar-refractivity contribution in [3.63, 3.8) is 0 Å². The second kappa shape index (κ2) is 6.78. The summed E-state index contributed by atoms with van der Waals surface area (Å²) in [5.74, 6) is 0.164. The lowest BCUT2D eigenvalue weighted by Gasteiger charge is -2.11. The molecule has 0 unspecified atom stereocenters. The van der Waals surface area contributed by atoms with Crippen LogP contribution in [0.15, 0.2) is 36.4 Å². The molecule has 6 heteroatoms. The molecule has 0 aliphatic carbocycles. The van der Waals surface area contributed by atoms with E-state index in [4.69, 9.17) is 0 Å². The molecule has 0 fully saturated rings. The molecule has 0 atom stereocenters. The van der Waals surface area contributed by atoms with Crippen molar-refractivity contribution in [3.8, 4) is 5.75 Å². The zero-order chi connectivity index (χ0) is 15.3. The highest BCUT2D eigenvalue weighted by Gasteiger charge is 2.27. The van der Waals surface area contributed by atoms with Crippen molar-refractivity contribution in [2.24, 2.45) is 0 Å². The fourth-order valence-electron chi connectivity index (χ4n) is 2.06. The van der Waals surface area contributed by atoms with Crippen molar-refractivity contribution in [2.45, 2.75) is 12.7 Å². The largest absolute Gasteiger partial charge is 0.508 e. The van der Waals surface area contributed by atoms with Gasteiger partial charge in [0.1, 0.15) is 12.4 Å². The maximum Gasteiger partial charge on any atom is 0.411 e. The highest BCUT2D eigenvalue weighted by atomic mass is 19.4. The fourth-order valence-corrected chi connectivity index (χ4v) is 2.06. The molecular formula is C15H16F3NO2. The molecule has 2 N–H and O–H groups in total. The molecule has 2 aromatic rings. The summed E-state index contributed by atoms with van der Waals surface area (Å²) in [6.45, 7) is -0.638. The van der Waals surface area contributed by atoms with E-state index in [9.17, 15) is 18.3 Å². The molecular weight excluding hydrogens is 283 g/mol. The Balaban J connectivity index is 1.88. The average molecular weight is 299 g/mol. The maximum atomic E-state index is 11.9. The van der Waals surface area contributed by atoms with Crippen molar-refractivity contribution in [2.75, 3.05) is 19.8 Å². The summed E-state index contributed by atoms with van der Waals surface area (Å²) in [6.07, 6.45) is -4.30. The van der Waals surface area contributed by atoms with E-state index < -0.39 is 12.8 Å². The van der Waals surface area contributed by atoms with Gasteiger partial charge >= 0.3 is 6.18 Å². The fraction of sp³-hybridized carbons (Fsp3) is 0.333. The number of rotatable bonds is 6. The number of aromatic hydroxyl groups is 1. The van der Waals surface area contributed by atoms with E-state index in [1.54, 1.807) is 6.07 Å². The number of phenolic OH excluding ortho intramolecular Hbond substituents is 1. The van der Waals surface area contributed by atoms with Gasteiger partial charge in [-0.3, -0.25) is 0 Å². The van der Waals surface area contributed by atoms with E-state index in [1.165, 1.54) is 0 Å². The molecule has 0 aromatic heterocycles. The zero-order valence-electron chi connectivity index (χ0n) is 11.3. The molecule has 0 bridgehead atoms. The van der Waals surface area contributed by atoms with Gasteiger partial charge in [-0.05, 0) is 16.8 Å². The van der Waals surface area contributed by atoms with Crippen molar-refractivity contribution in [1.82, 2.24) is 5.32 Å². The SMILES string of the molecule is Oc1ccc2ccccc2c1CNCCOCC(F)(F)F. The Morgan fingerprint density at radius 1 is 1.10 bits per heavy atom. The van der Waals surface area contributed by atoms with Crippen LogP contribution in [0.4, 0.5) is 13.2 Å². The lowest BCUT2D eigenvalue weighted by Crippen LogP contribution is -2.23. The molecule has 0 radical (unpaired) electrons. The quantitative estimate of drug-likeness (QED) is 0.805. The van der Waals surface area contributed by atoms with E-state index >= 15 is 0 Å². The van der Waals surface area contributed by atoms with Crippen molar-refractivity contribution < 1.29 is 23.0 Å². The Labute approximate surface area is 120 Å². The van der Waals surface area contributed by atoms with Gasteiger partial charge in [0.15, 0.2) is 0 Å². The Morgan fingerprint density at radius 2 is 1.86 bits per heavy atom. The summed E-state index contributed by atoms with van der Waals surface area (Å²) in [7, 11) is 0. The minimum atomic E-state index is -4.30. The van der Waals surface area contributed by atoms with Gasteiger partial charge in [-0.1, -0.05) is 30.3 Å². The van der Waals surface area contributed by atoms with Crippen molar-refractivity contribution in [1.29, 1.82) is 0 Å². The van der Waals surface area contributed by atoms with E-state index in [1.807, 2.05) is 30.3 Å². The van der Waals surface area contributed by atoms with Gasteiger partial charge in [-0.15, -0.1) is 0 Å². The van der Waals surface area contributed by atoms with E-state index in [0.29, 0.717) is 6.54 Å². The second-order valence-corrected chi connectivity index (χ2v) is 4.63. The minimum absolute atomic E-state index is 0.0367. The van der Waals surface area contributed by atoms with Crippen LogP contribution in [0.3, 0.4) is 0 Å². The van der Waals surface area contributed by atoms with Gasteiger partial charge in [0, 0.05) is 18.7 Å². The third-order valence-corrected chi connectivity index (χ3v) is 3.01. The van der Waals surface area contributed by atoms with Crippen LogP contribution in [0.1, 0.15) is 5.56 Å². The third-order valence-electron chi connectivity index (χ3n) is 3.01. The first-order valence-corrected chi connectivity index (χ1v) is 6.52. The minimum Gasteiger partial charge on any atom is -0.508 e. The zero-order valence-corrected chi connectivity index (χ0v) is 11.3. The van der Waals surface area contributed by atoms with Crippen LogP contribution in [-0.4, -0.2) is 31.0 Å². The number of ether oxygens (including phenoxy) is 1. The molecule has 21 heavy (non-hydrogen) atoms. The summed E-state index contributed by atoms with van der Waals surface area (Å²) < 4.78 is 40.1. The van der Waals surface area contributed by atoms with Crippen LogP contribution < -0.4 is 5.32 Å². The van der Waals surface area contributed by atoms with Crippen LogP contribution in [0.5, 0.6) is 5.75 Å². The normalized spacial score (nSPS) is 12.0. The Hall–Kier alpha value is -1.79. The topological polar surface area (TPSA) is 41.5 Å². The first-order chi connectivity index (χ1) is 9.97. The molecule has 2 rings (SSSR count). The van der Waals surface area contributed by atoms with Crippen LogP contribution in [0, 0.1) is 0 Å². The van der Waals surface area contributed by atoms with Gasteiger partial charge in [-0.2, -0.15) is 13.2 Å². The summed E-state index contributed by atoms with van der Waals surface area (Å²) in [5, 5.41) is 14.8. The summed E-state index contributed by atoms with van der Waals surface area (Å²) in [6, 6.07) is 11.0. The van der Waals surface area contributed by atoms with E-state index in [2.05, 4.69) is 10.1 Å². The number of benzene rings is 2. The smallest absolute Gasteiger partial charge is 0.411 e. The van der Waals surface area contributed by atoms with Gasteiger partial charge in [0.2, 0.25) is 0 Å². The van der Waals surface area contributed by atoms with Gasteiger partial charge in [0.25, 0.3) is 0 Å². The Morgan fingerprint density at radius 3 is 2.62 bits per heavy atom. The molecule has 3 nitrogen and oxygen atoms in total. The monoisotopic (exact) mass is 299 g/mol. The van der Waals surface area contributed by atoms with Gasteiger partial charge in [-0.25, -0.2) is 0 Å². The Kier molecular flexibility index (Phi) is 5.03. The predicted octanol–water partition coefficient (Wildman–Crippen LogP) is 3.21. The van der Waals surface area contributed by atoms with Gasteiger partial charge < -0.3 is 15.2 Å². The third kappa shape index (κ3) is 4.61. The van der Waals surface area contributed by atoms with Crippen LogP contribution >= 0.6 is 0 Å². The Bertz CT molecular complexity index is 599. The molecule has 0 saturated carbocycles. The molecule has 0 spiro atoms. The molecule has 114 valence electrons. The van der Waals surface area contributed by atoms with Crippen molar-refractivity contribution >= 4 is 10.8 Å². The van der Waals surface area contributed by atoms with Crippen LogP contribution in [0.25, 0.3) is 10.8 Å². The molecule has 0 heterocycles. The molecule has 2 aromatic carbocycles. The van der Waals surface area contributed by atoms with Gasteiger partial charge in [0.05, 0.1) is 6.61 Å². The lowest BCUT2D eigenvalue weighted by molar-refractivity contribution is -0.173. The number of halogens is 3. The summed E-state index contributed by atoms with van der Waals surface area (Å²) in [5.41, 5.74) is 0.726. The summed E-state index contributed by atoms with van der Waals surface area (Å²) in [4.78, 5) is 0. The molecule has 0 aliphatic heterocycles.